The van der Waals surface area contributed by atoms with Crippen molar-refractivity contribution in [3.05, 3.63) is 89.5 Å². The van der Waals surface area contributed by atoms with Crippen molar-refractivity contribution in [2.75, 3.05) is 25.5 Å². The van der Waals surface area contributed by atoms with E-state index in [0.717, 1.165) is 23.5 Å². The smallest absolute Gasteiger partial charge is 0.254 e. The predicted octanol–water partition coefficient (Wildman–Crippen LogP) is 3.94. The lowest BCUT2D eigenvalue weighted by Crippen LogP contribution is -2.42. The van der Waals surface area contributed by atoms with E-state index in [4.69, 9.17) is 0 Å². The summed E-state index contributed by atoms with van der Waals surface area (Å²) in [6, 6.07) is 18.0. The van der Waals surface area contributed by atoms with Crippen molar-refractivity contribution < 1.29 is 9.18 Å². The van der Waals surface area contributed by atoms with Gasteiger partial charge in [-0.05, 0) is 54.1 Å². The summed E-state index contributed by atoms with van der Waals surface area (Å²) < 4.78 is 15.5. The lowest BCUT2D eigenvalue weighted by molar-refractivity contribution is 0.0664. The fraction of sp³-hybridized carbons (Fsp3) is 0.227. The van der Waals surface area contributed by atoms with Crippen LogP contribution in [-0.4, -0.2) is 36.0 Å². The highest BCUT2D eigenvalue weighted by Gasteiger charge is 2.32. The predicted molar refractivity (Wildman–Crippen MR) is 104 cm³/mol. The van der Waals surface area contributed by atoms with Gasteiger partial charge >= 0.3 is 0 Å². The molecule has 4 rings (SSSR count). The molecule has 0 saturated carbocycles. The Kier molecular flexibility index (Phi) is 4.44. The first-order valence-electron chi connectivity index (χ1n) is 9.03. The Balaban J connectivity index is 1.74. The van der Waals surface area contributed by atoms with E-state index in [0.29, 0.717) is 12.1 Å². The molecule has 5 heteroatoms. The Hall–Kier alpha value is -3.08. The van der Waals surface area contributed by atoms with E-state index < -0.39 is 0 Å². The lowest BCUT2D eigenvalue weighted by Gasteiger charge is -2.37. The number of carbonyl (C=O) groups excluding carboxylic acids is 1. The van der Waals surface area contributed by atoms with Crippen LogP contribution in [0, 0.1) is 5.82 Å². The Morgan fingerprint density at radius 2 is 1.70 bits per heavy atom. The maximum atomic E-state index is 13.3. The molecule has 4 nitrogen and oxygen atoms in total. The fourth-order valence-corrected chi connectivity index (χ4v) is 3.67. The van der Waals surface area contributed by atoms with E-state index in [1.54, 1.807) is 12.1 Å². The molecule has 0 N–H and O–H groups in total. The van der Waals surface area contributed by atoms with Crippen LogP contribution in [0.25, 0.3) is 0 Å². The summed E-state index contributed by atoms with van der Waals surface area (Å²) in [6.45, 7) is 1.36. The highest BCUT2D eigenvalue weighted by Crippen LogP contribution is 2.34. The molecule has 138 valence electrons. The monoisotopic (exact) mass is 363 g/mol. The minimum Gasteiger partial charge on any atom is -0.378 e. The van der Waals surface area contributed by atoms with Crippen molar-refractivity contribution >= 4 is 11.6 Å². The van der Waals surface area contributed by atoms with Gasteiger partial charge in [-0.25, -0.2) is 4.39 Å². The van der Waals surface area contributed by atoms with Crippen LogP contribution in [0.3, 0.4) is 0 Å². The second kappa shape index (κ2) is 6.91. The van der Waals surface area contributed by atoms with Gasteiger partial charge in [0.05, 0.1) is 6.04 Å². The van der Waals surface area contributed by atoms with Gasteiger partial charge in [-0.3, -0.25) is 4.79 Å². The number of rotatable bonds is 3. The summed E-state index contributed by atoms with van der Waals surface area (Å²) in [5.74, 6) is -0.418. The number of fused-ring (bicyclic) bond motifs is 1. The van der Waals surface area contributed by atoms with Crippen LogP contribution in [0.5, 0.6) is 0 Å². The third kappa shape index (κ3) is 3.21. The molecule has 1 aliphatic rings. The highest BCUT2D eigenvalue weighted by atomic mass is 19.1. The molecule has 0 unspecified atom stereocenters. The van der Waals surface area contributed by atoms with Crippen molar-refractivity contribution in [3.8, 4) is 0 Å². The molecular formula is C22H22FN3O. The molecule has 1 aliphatic heterocycles. The van der Waals surface area contributed by atoms with E-state index >= 15 is 0 Å². The molecular weight excluding hydrogens is 341 g/mol. The number of halogens is 1. The van der Waals surface area contributed by atoms with Crippen molar-refractivity contribution in [1.82, 2.24) is 9.47 Å². The van der Waals surface area contributed by atoms with Crippen LogP contribution in [0.1, 0.15) is 27.7 Å². The summed E-state index contributed by atoms with van der Waals surface area (Å²) in [7, 11) is 4.01. The minimum atomic E-state index is -0.338. The van der Waals surface area contributed by atoms with Gasteiger partial charge in [0.25, 0.3) is 5.91 Å². The molecule has 0 radical (unpaired) electrons. The molecule has 0 aliphatic carbocycles. The highest BCUT2D eigenvalue weighted by molar-refractivity contribution is 5.94. The maximum absolute atomic E-state index is 13.3. The van der Waals surface area contributed by atoms with Gasteiger partial charge < -0.3 is 14.4 Å². The largest absolute Gasteiger partial charge is 0.378 e. The topological polar surface area (TPSA) is 28.5 Å². The van der Waals surface area contributed by atoms with Gasteiger partial charge in [-0.15, -0.1) is 0 Å². The number of anilines is 1. The van der Waals surface area contributed by atoms with Crippen molar-refractivity contribution in [2.24, 2.45) is 0 Å². The zero-order valence-electron chi connectivity index (χ0n) is 15.5. The van der Waals surface area contributed by atoms with E-state index in [1.807, 2.05) is 25.1 Å². The Bertz CT molecular complexity index is 944. The molecule has 0 saturated heterocycles. The van der Waals surface area contributed by atoms with Gasteiger partial charge in [0.15, 0.2) is 0 Å². The summed E-state index contributed by atoms with van der Waals surface area (Å²) >= 11 is 0. The summed E-state index contributed by atoms with van der Waals surface area (Å²) in [5, 5.41) is 0. The zero-order valence-corrected chi connectivity index (χ0v) is 15.5. The average Bonchev–Trinajstić information content (AvgIpc) is 3.16. The third-order valence-electron chi connectivity index (χ3n) is 5.12. The molecule has 1 amide bonds. The van der Waals surface area contributed by atoms with Crippen molar-refractivity contribution in [3.63, 3.8) is 0 Å². The van der Waals surface area contributed by atoms with Gasteiger partial charge in [0.2, 0.25) is 0 Å². The SMILES string of the molecule is CN(C)c1ccc([C@H]2c3cccn3CCN2C(=O)c2ccc(F)cc2)cc1. The van der Waals surface area contributed by atoms with Gasteiger partial charge in [0, 0.05) is 50.3 Å². The Morgan fingerprint density at radius 1 is 1.00 bits per heavy atom. The van der Waals surface area contributed by atoms with Gasteiger partial charge in [0.1, 0.15) is 5.82 Å². The first-order valence-corrected chi connectivity index (χ1v) is 9.03. The van der Waals surface area contributed by atoms with Gasteiger partial charge in [-0.1, -0.05) is 12.1 Å². The zero-order chi connectivity index (χ0) is 19.0. The molecule has 3 aromatic rings. The number of carbonyl (C=O) groups is 1. The molecule has 27 heavy (non-hydrogen) atoms. The van der Waals surface area contributed by atoms with Crippen LogP contribution in [0.2, 0.25) is 0 Å². The first-order chi connectivity index (χ1) is 13.0. The Labute approximate surface area is 158 Å². The standard InChI is InChI=1S/C22H22FN3O/c1-24(2)19-11-7-16(8-12-19)21-20-4-3-13-25(20)14-15-26(21)22(27)17-5-9-18(23)10-6-17/h3-13,21H,14-15H2,1-2H3/t21-/m0/s1. The average molecular weight is 363 g/mol. The van der Waals surface area contributed by atoms with Crippen molar-refractivity contribution in [2.45, 2.75) is 12.6 Å². The summed E-state index contributed by atoms with van der Waals surface area (Å²) in [5.41, 5.74) is 3.78. The molecule has 1 atom stereocenters. The van der Waals surface area contributed by atoms with Gasteiger partial charge in [-0.2, -0.15) is 0 Å². The second-order valence-electron chi connectivity index (χ2n) is 7.02. The number of benzene rings is 2. The van der Waals surface area contributed by atoms with Crippen LogP contribution in [-0.2, 0) is 6.54 Å². The number of hydrogen-bond acceptors (Lipinski definition) is 2. The first kappa shape index (κ1) is 17.3. The molecule has 2 heterocycles. The molecule has 0 fully saturated rings. The Morgan fingerprint density at radius 3 is 2.37 bits per heavy atom. The number of hydrogen-bond donors (Lipinski definition) is 0. The van der Waals surface area contributed by atoms with E-state index in [1.165, 1.54) is 12.1 Å². The fourth-order valence-electron chi connectivity index (χ4n) is 3.67. The normalized spacial score (nSPS) is 16.1. The maximum Gasteiger partial charge on any atom is 0.254 e. The third-order valence-corrected chi connectivity index (χ3v) is 5.12. The van der Waals surface area contributed by atoms with Crippen LogP contribution in [0.15, 0.2) is 66.9 Å². The molecule has 1 aromatic heterocycles. The van der Waals surface area contributed by atoms with Crippen LogP contribution < -0.4 is 4.90 Å². The lowest BCUT2D eigenvalue weighted by atomic mass is 9.98. The molecule has 2 aromatic carbocycles. The van der Waals surface area contributed by atoms with E-state index in [2.05, 4.69) is 46.0 Å². The second-order valence-corrected chi connectivity index (χ2v) is 7.02. The minimum absolute atomic E-state index is 0.0795. The van der Waals surface area contributed by atoms with Crippen LogP contribution in [0.4, 0.5) is 10.1 Å². The van der Waals surface area contributed by atoms with E-state index in [-0.39, 0.29) is 17.8 Å². The number of amides is 1. The quantitative estimate of drug-likeness (QED) is 0.705. The van der Waals surface area contributed by atoms with Crippen molar-refractivity contribution in [1.29, 1.82) is 0 Å². The number of aromatic nitrogens is 1. The molecule has 0 spiro atoms. The number of nitrogens with zero attached hydrogens (tertiary/aromatic N) is 3. The van der Waals surface area contributed by atoms with E-state index in [9.17, 15) is 9.18 Å². The molecule has 0 bridgehead atoms. The summed E-state index contributed by atoms with van der Waals surface area (Å²) in [6.07, 6.45) is 2.05. The van der Waals surface area contributed by atoms with Crippen LogP contribution >= 0.6 is 0 Å². The summed E-state index contributed by atoms with van der Waals surface area (Å²) in [4.78, 5) is 17.1.